The molecule has 0 saturated heterocycles. The first-order valence-corrected chi connectivity index (χ1v) is 21.8. The van der Waals surface area contributed by atoms with E-state index >= 15 is 0 Å². The average Bonchev–Trinajstić information content (AvgIpc) is 3.47. The van der Waals surface area contributed by atoms with Crippen LogP contribution >= 0.6 is 0 Å². The molecule has 4 heteroatoms. The molecule has 0 radical (unpaired) electrons. The lowest BCUT2D eigenvalue weighted by Gasteiger charge is -2.72. The Balaban J connectivity index is 1.13. The third kappa shape index (κ3) is 7.15. The molecule has 0 aromatic carbocycles. The Morgan fingerprint density at radius 2 is 1.28 bits per heavy atom. The Morgan fingerprint density at radius 1 is 0.680 bits per heavy atom. The summed E-state index contributed by atoms with van der Waals surface area (Å²) in [5.41, 5.74) is 1.16. The molecule has 5 aliphatic rings. The lowest BCUT2D eigenvalue weighted by molar-refractivity contribution is -0.250. The van der Waals surface area contributed by atoms with Crippen LogP contribution in [0.3, 0.4) is 0 Å². The van der Waals surface area contributed by atoms with Gasteiger partial charge in [0.05, 0.1) is 5.41 Å². The maximum Gasteiger partial charge on any atom is 0.309 e. The molecule has 0 aromatic rings. The first-order chi connectivity index (χ1) is 23.7. The molecule has 0 aliphatic heterocycles. The highest BCUT2D eigenvalue weighted by molar-refractivity contribution is 5.76. The Kier molecular flexibility index (Phi) is 12.7. The minimum atomic E-state index is -0.561. The van der Waals surface area contributed by atoms with E-state index in [1.165, 1.54) is 95.5 Å². The summed E-state index contributed by atoms with van der Waals surface area (Å²) in [7, 11) is 0. The lowest BCUT2D eigenvalue weighted by atomic mass is 9.32. The van der Waals surface area contributed by atoms with E-state index in [4.69, 9.17) is 4.74 Å². The van der Waals surface area contributed by atoms with Crippen molar-refractivity contribution in [1.82, 2.24) is 0 Å². The van der Waals surface area contributed by atoms with Gasteiger partial charge in [-0.1, -0.05) is 131 Å². The van der Waals surface area contributed by atoms with Gasteiger partial charge in [0.25, 0.3) is 0 Å². The number of ether oxygens (including phenoxy) is 1. The van der Waals surface area contributed by atoms with Crippen LogP contribution in [0.4, 0.5) is 0 Å². The van der Waals surface area contributed by atoms with E-state index in [9.17, 15) is 14.7 Å². The molecule has 5 fully saturated rings. The maximum absolute atomic E-state index is 13.2. The van der Waals surface area contributed by atoms with Crippen molar-refractivity contribution in [3.63, 3.8) is 0 Å². The fourth-order valence-corrected chi connectivity index (χ4v) is 14.2. The zero-order valence-corrected chi connectivity index (χ0v) is 33.8. The van der Waals surface area contributed by atoms with Crippen LogP contribution in [0.1, 0.15) is 203 Å². The number of carboxylic acid groups (broad SMARTS) is 1. The van der Waals surface area contributed by atoms with Crippen molar-refractivity contribution in [2.45, 2.75) is 209 Å². The summed E-state index contributed by atoms with van der Waals surface area (Å²) in [6.45, 7) is 21.5. The summed E-state index contributed by atoms with van der Waals surface area (Å²) in [6.07, 6.45) is 28.2. The van der Waals surface area contributed by atoms with Crippen molar-refractivity contribution in [3.05, 3.63) is 12.2 Å². The van der Waals surface area contributed by atoms with Gasteiger partial charge < -0.3 is 9.84 Å². The molecule has 0 heterocycles. The van der Waals surface area contributed by atoms with Gasteiger partial charge in [-0.2, -0.15) is 0 Å². The lowest BCUT2D eigenvalue weighted by Crippen LogP contribution is -2.67. The van der Waals surface area contributed by atoms with Crippen LogP contribution in [0.5, 0.6) is 0 Å². The molecule has 0 spiro atoms. The molecule has 0 amide bonds. The molecule has 286 valence electrons. The first-order valence-electron chi connectivity index (χ1n) is 21.8. The van der Waals surface area contributed by atoms with Crippen LogP contribution in [0.15, 0.2) is 12.2 Å². The number of aliphatic carboxylic acids is 1. The van der Waals surface area contributed by atoms with E-state index in [2.05, 4.69) is 55.0 Å². The number of carbonyl (C=O) groups excluding carboxylic acids is 1. The second kappa shape index (κ2) is 16.0. The summed E-state index contributed by atoms with van der Waals surface area (Å²) in [6, 6.07) is 0. The standard InChI is InChI=1S/C46H78O4/c1-9-10-11-12-13-14-15-16-17-18-19-20-21-22-39(47)50-38-27-28-43(6)36(42(38,4)5)26-29-45(8)37(43)24-23-35-40-34(33(2)3)25-30-46(40,41(48)49)32-31-44(35,45)7/h34-38,40H,2,9-32H2,1,3-8H3,(H,48,49)/t34-,35+,36-,37+,38-,40+,43-,44+,45+,46-/m0/s1. The highest BCUT2D eigenvalue weighted by Gasteiger charge is 2.72. The monoisotopic (exact) mass is 695 g/mol. The second-order valence-electron chi connectivity index (χ2n) is 20.0. The van der Waals surface area contributed by atoms with Crippen molar-refractivity contribution < 1.29 is 19.4 Å². The molecule has 5 rings (SSSR count). The summed E-state index contributed by atoms with van der Waals surface area (Å²) in [4.78, 5) is 26.2. The Hall–Kier alpha value is -1.32. The van der Waals surface area contributed by atoms with Gasteiger partial charge in [0, 0.05) is 11.8 Å². The van der Waals surface area contributed by atoms with Crippen LogP contribution in [-0.4, -0.2) is 23.1 Å². The summed E-state index contributed by atoms with van der Waals surface area (Å²) < 4.78 is 6.39. The van der Waals surface area contributed by atoms with Gasteiger partial charge in [-0.05, 0) is 123 Å². The van der Waals surface area contributed by atoms with Crippen molar-refractivity contribution in [3.8, 4) is 0 Å². The SMILES string of the molecule is C=C(C)[C@@H]1CC[C@]2(C(=O)O)CC[C@]3(C)[C@H](CC[C@@H]4[C@@]5(C)CC[C@H](OC(=O)CCCCCCCCCCCCCCC)C(C)(C)[C@@H]5CC[C@]43C)[C@@H]12. The second-order valence-corrected chi connectivity index (χ2v) is 20.0. The summed E-state index contributed by atoms with van der Waals surface area (Å²) >= 11 is 0. The predicted molar refractivity (Wildman–Crippen MR) is 207 cm³/mol. The molecule has 50 heavy (non-hydrogen) atoms. The van der Waals surface area contributed by atoms with Crippen LogP contribution < -0.4 is 0 Å². The average molecular weight is 695 g/mol. The number of carboxylic acids is 1. The number of carbonyl (C=O) groups is 2. The van der Waals surface area contributed by atoms with Crippen LogP contribution in [-0.2, 0) is 14.3 Å². The quantitative estimate of drug-likeness (QED) is 0.0935. The van der Waals surface area contributed by atoms with Crippen molar-refractivity contribution in [1.29, 1.82) is 0 Å². The number of hydrogen-bond acceptors (Lipinski definition) is 3. The third-order valence-corrected chi connectivity index (χ3v) is 17.2. The van der Waals surface area contributed by atoms with Gasteiger partial charge in [-0.25, -0.2) is 0 Å². The number of unbranched alkanes of at least 4 members (excludes halogenated alkanes) is 12. The zero-order valence-electron chi connectivity index (χ0n) is 33.8. The number of hydrogen-bond donors (Lipinski definition) is 1. The highest BCUT2D eigenvalue weighted by Crippen LogP contribution is 2.77. The minimum Gasteiger partial charge on any atom is -0.481 e. The molecule has 1 N–H and O–H groups in total. The molecular formula is C46H78O4. The number of esters is 1. The zero-order chi connectivity index (χ0) is 36.4. The van der Waals surface area contributed by atoms with Crippen LogP contribution in [0, 0.1) is 56.7 Å². The van der Waals surface area contributed by atoms with E-state index in [1.807, 2.05) is 0 Å². The Bertz CT molecular complexity index is 1190. The van der Waals surface area contributed by atoms with Crippen LogP contribution in [0.2, 0.25) is 0 Å². The van der Waals surface area contributed by atoms with Gasteiger partial charge in [-0.3, -0.25) is 9.59 Å². The van der Waals surface area contributed by atoms with Crippen molar-refractivity contribution >= 4 is 11.9 Å². The highest BCUT2D eigenvalue weighted by atomic mass is 16.5. The molecule has 0 aromatic heterocycles. The van der Waals surface area contributed by atoms with Gasteiger partial charge in [0.2, 0.25) is 0 Å². The molecule has 0 bridgehead atoms. The Labute approximate surface area is 308 Å². The topological polar surface area (TPSA) is 63.6 Å². The summed E-state index contributed by atoms with van der Waals surface area (Å²) in [5.74, 6) is 1.66. The molecule has 10 atom stereocenters. The van der Waals surface area contributed by atoms with Crippen molar-refractivity contribution in [2.75, 3.05) is 0 Å². The normalized spacial score (nSPS) is 40.2. The molecule has 0 unspecified atom stereocenters. The largest absolute Gasteiger partial charge is 0.481 e. The molecule has 5 aliphatic carbocycles. The first kappa shape index (κ1) is 39.9. The maximum atomic E-state index is 13.2. The smallest absolute Gasteiger partial charge is 0.309 e. The van der Waals surface area contributed by atoms with E-state index < -0.39 is 11.4 Å². The summed E-state index contributed by atoms with van der Waals surface area (Å²) in [5, 5.41) is 10.7. The van der Waals surface area contributed by atoms with E-state index in [1.54, 1.807) is 0 Å². The Morgan fingerprint density at radius 3 is 1.86 bits per heavy atom. The van der Waals surface area contributed by atoms with Gasteiger partial charge >= 0.3 is 11.9 Å². The van der Waals surface area contributed by atoms with Gasteiger partial charge in [0.1, 0.15) is 6.10 Å². The number of rotatable bonds is 17. The van der Waals surface area contributed by atoms with E-state index in [0.29, 0.717) is 30.1 Å². The van der Waals surface area contributed by atoms with Gasteiger partial charge in [0.15, 0.2) is 0 Å². The fourth-order valence-electron chi connectivity index (χ4n) is 14.2. The number of allylic oxidation sites excluding steroid dienone is 1. The fraction of sp³-hybridized carbons (Fsp3) is 0.913. The van der Waals surface area contributed by atoms with E-state index in [0.717, 1.165) is 57.8 Å². The molecular weight excluding hydrogens is 617 g/mol. The van der Waals surface area contributed by atoms with Crippen molar-refractivity contribution in [2.24, 2.45) is 56.7 Å². The predicted octanol–water partition coefficient (Wildman–Crippen LogP) is 13.1. The minimum absolute atomic E-state index is 0.00649. The molecule has 4 nitrogen and oxygen atoms in total. The van der Waals surface area contributed by atoms with Gasteiger partial charge in [-0.15, -0.1) is 0 Å². The third-order valence-electron chi connectivity index (χ3n) is 17.2. The molecule has 5 saturated carbocycles. The van der Waals surface area contributed by atoms with E-state index in [-0.39, 0.29) is 39.7 Å². The number of fused-ring (bicyclic) bond motifs is 7. The van der Waals surface area contributed by atoms with Crippen LogP contribution in [0.25, 0.3) is 0 Å².